The second-order valence-corrected chi connectivity index (χ2v) is 9.42. The van der Waals surface area contributed by atoms with Crippen molar-refractivity contribution in [3.05, 3.63) is 47.5 Å². The minimum atomic E-state index is -0.316. The predicted molar refractivity (Wildman–Crippen MR) is 125 cm³/mol. The molecule has 0 aromatic heterocycles. The molecule has 0 unspecified atom stereocenters. The van der Waals surface area contributed by atoms with Crippen LogP contribution < -0.4 is 5.32 Å². The molecule has 1 aromatic rings. The molecule has 4 nitrogen and oxygen atoms in total. The van der Waals surface area contributed by atoms with Crippen LogP contribution in [0.3, 0.4) is 0 Å². The highest BCUT2D eigenvalue weighted by molar-refractivity contribution is 5.88. The van der Waals surface area contributed by atoms with Gasteiger partial charge in [-0.2, -0.15) is 0 Å². The van der Waals surface area contributed by atoms with Crippen LogP contribution in [0.5, 0.6) is 0 Å². The molecule has 4 heteroatoms. The summed E-state index contributed by atoms with van der Waals surface area (Å²) in [6, 6.07) is 10.3. The number of aryl methyl sites for hydroxylation is 1. The fourth-order valence-corrected chi connectivity index (χ4v) is 4.46. The van der Waals surface area contributed by atoms with Crippen LogP contribution in [-0.2, 0) is 16.0 Å². The van der Waals surface area contributed by atoms with Gasteiger partial charge >= 0.3 is 0 Å². The van der Waals surface area contributed by atoms with Crippen molar-refractivity contribution in [2.45, 2.75) is 89.6 Å². The van der Waals surface area contributed by atoms with E-state index in [0.29, 0.717) is 18.6 Å². The van der Waals surface area contributed by atoms with Gasteiger partial charge in [-0.15, -0.1) is 0 Å². The highest BCUT2D eigenvalue weighted by Crippen LogP contribution is 2.31. The average molecular weight is 426 g/mol. The van der Waals surface area contributed by atoms with Gasteiger partial charge in [0.1, 0.15) is 5.78 Å². The first-order chi connectivity index (χ1) is 15.1. The smallest absolute Gasteiger partial charge is 0.220 e. The molecule has 1 amide bonds. The Bertz CT molecular complexity index is 723. The van der Waals surface area contributed by atoms with E-state index in [1.807, 2.05) is 18.2 Å². The van der Waals surface area contributed by atoms with E-state index >= 15 is 0 Å². The Balaban J connectivity index is 1.25. The van der Waals surface area contributed by atoms with Crippen molar-refractivity contribution >= 4 is 11.7 Å². The normalized spacial score (nSPS) is 19.3. The monoisotopic (exact) mass is 425 g/mol. The number of unbranched alkanes of at least 4 members (excludes halogenated alkanes) is 3. The van der Waals surface area contributed by atoms with Crippen molar-refractivity contribution in [1.29, 1.82) is 0 Å². The van der Waals surface area contributed by atoms with Crippen LogP contribution in [0, 0.1) is 11.8 Å². The number of carbonyl (C=O) groups excluding carboxylic acids is 2. The molecular formula is C27H39NO3. The Morgan fingerprint density at radius 2 is 1.77 bits per heavy atom. The number of Topliss-reactive ketones (excluding diaryl/α,β-unsaturated/α-hetero) is 1. The summed E-state index contributed by atoms with van der Waals surface area (Å²) in [4.78, 5) is 24.1. The van der Waals surface area contributed by atoms with Crippen molar-refractivity contribution in [1.82, 2.24) is 5.32 Å². The van der Waals surface area contributed by atoms with Crippen LogP contribution >= 0.6 is 0 Å². The highest BCUT2D eigenvalue weighted by Gasteiger charge is 2.27. The number of benzene rings is 1. The third kappa shape index (κ3) is 8.98. The first-order valence-corrected chi connectivity index (χ1v) is 12.3. The molecule has 170 valence electrons. The lowest BCUT2D eigenvalue weighted by molar-refractivity contribution is -0.121. The number of amides is 1. The summed E-state index contributed by atoms with van der Waals surface area (Å²) in [5.41, 5.74) is 2.50. The van der Waals surface area contributed by atoms with Crippen LogP contribution in [0.25, 0.3) is 0 Å². The summed E-state index contributed by atoms with van der Waals surface area (Å²) in [5, 5.41) is 13.4. The van der Waals surface area contributed by atoms with E-state index in [9.17, 15) is 14.7 Å². The number of aliphatic hydroxyl groups excluding tert-OH is 1. The van der Waals surface area contributed by atoms with Gasteiger partial charge in [0.25, 0.3) is 0 Å². The van der Waals surface area contributed by atoms with Crippen molar-refractivity contribution in [2.75, 3.05) is 6.54 Å². The van der Waals surface area contributed by atoms with Gasteiger partial charge < -0.3 is 10.4 Å². The molecule has 0 radical (unpaired) electrons. The first-order valence-electron chi connectivity index (χ1n) is 12.3. The molecule has 0 bridgehead atoms. The lowest BCUT2D eigenvalue weighted by Gasteiger charge is -2.16. The minimum absolute atomic E-state index is 0.0585. The third-order valence-corrected chi connectivity index (χ3v) is 6.71. The first kappa shape index (κ1) is 23.7. The van der Waals surface area contributed by atoms with Gasteiger partial charge in [-0.25, -0.2) is 0 Å². The number of nitrogens with one attached hydrogen (secondary N) is 1. The van der Waals surface area contributed by atoms with E-state index in [0.717, 1.165) is 70.3 Å². The molecule has 0 saturated heterocycles. The number of aliphatic hydroxyl groups is 1. The van der Waals surface area contributed by atoms with Crippen LogP contribution in [-0.4, -0.2) is 29.4 Å². The summed E-state index contributed by atoms with van der Waals surface area (Å²) in [7, 11) is 0. The van der Waals surface area contributed by atoms with Gasteiger partial charge in [-0.3, -0.25) is 9.59 Å². The van der Waals surface area contributed by atoms with Gasteiger partial charge in [0.05, 0.1) is 6.10 Å². The maximum atomic E-state index is 12.3. The van der Waals surface area contributed by atoms with E-state index in [4.69, 9.17) is 0 Å². The molecule has 1 aromatic carbocycles. The number of hydrogen-bond acceptors (Lipinski definition) is 3. The molecule has 3 rings (SSSR count). The maximum absolute atomic E-state index is 12.3. The van der Waals surface area contributed by atoms with Crippen molar-refractivity contribution < 1.29 is 14.7 Å². The zero-order valence-electron chi connectivity index (χ0n) is 18.9. The SMILES string of the molecule is O=C(CCCCCC[C@H]1C(=O)CC=C1CC[C@@H](O)CCc1ccccc1)NCC1CC1. The Labute approximate surface area is 187 Å². The number of allylic oxidation sites excluding steroid dienone is 2. The molecule has 0 aliphatic heterocycles. The van der Waals surface area contributed by atoms with Gasteiger partial charge in [0.15, 0.2) is 0 Å². The molecule has 1 fully saturated rings. The molecule has 2 aliphatic carbocycles. The summed E-state index contributed by atoms with van der Waals surface area (Å²) in [6.07, 6.45) is 13.7. The number of rotatable bonds is 15. The second-order valence-electron chi connectivity index (χ2n) is 9.42. The van der Waals surface area contributed by atoms with E-state index in [2.05, 4.69) is 23.5 Å². The van der Waals surface area contributed by atoms with E-state index < -0.39 is 0 Å². The minimum Gasteiger partial charge on any atom is -0.393 e. The molecule has 0 heterocycles. The van der Waals surface area contributed by atoms with Gasteiger partial charge in [-0.1, -0.05) is 61.2 Å². The second kappa shape index (κ2) is 12.8. The van der Waals surface area contributed by atoms with Gasteiger partial charge in [-0.05, 0) is 62.8 Å². The van der Waals surface area contributed by atoms with Crippen LogP contribution in [0.15, 0.2) is 42.0 Å². The zero-order valence-corrected chi connectivity index (χ0v) is 18.9. The molecule has 2 N–H and O–H groups in total. The molecular weight excluding hydrogens is 386 g/mol. The third-order valence-electron chi connectivity index (χ3n) is 6.71. The van der Waals surface area contributed by atoms with Crippen molar-refractivity contribution in [3.63, 3.8) is 0 Å². The van der Waals surface area contributed by atoms with Crippen LogP contribution in [0.2, 0.25) is 0 Å². The summed E-state index contributed by atoms with van der Waals surface area (Å²) >= 11 is 0. The lowest BCUT2D eigenvalue weighted by atomic mass is 9.90. The van der Waals surface area contributed by atoms with Crippen LogP contribution in [0.1, 0.15) is 82.6 Å². The number of ketones is 1. The Hall–Kier alpha value is -1.94. The van der Waals surface area contributed by atoms with E-state index in [-0.39, 0.29) is 17.9 Å². The van der Waals surface area contributed by atoms with Crippen molar-refractivity contribution in [3.8, 4) is 0 Å². The molecule has 31 heavy (non-hydrogen) atoms. The largest absolute Gasteiger partial charge is 0.393 e. The average Bonchev–Trinajstić information content (AvgIpc) is 3.55. The van der Waals surface area contributed by atoms with Crippen LogP contribution in [0.4, 0.5) is 0 Å². The fraction of sp³-hybridized carbons (Fsp3) is 0.630. The topological polar surface area (TPSA) is 66.4 Å². The van der Waals surface area contributed by atoms with Gasteiger partial charge in [0, 0.05) is 25.3 Å². The summed E-state index contributed by atoms with van der Waals surface area (Å²) < 4.78 is 0. The Morgan fingerprint density at radius 3 is 2.55 bits per heavy atom. The lowest BCUT2D eigenvalue weighted by Crippen LogP contribution is -2.25. The highest BCUT2D eigenvalue weighted by atomic mass is 16.3. The Kier molecular flexibility index (Phi) is 9.80. The zero-order chi connectivity index (χ0) is 21.9. The quantitative estimate of drug-likeness (QED) is 0.302. The predicted octanol–water partition coefficient (Wildman–Crippen LogP) is 5.14. The van der Waals surface area contributed by atoms with Crippen molar-refractivity contribution in [2.24, 2.45) is 11.8 Å². The number of hydrogen-bond donors (Lipinski definition) is 2. The standard InChI is InChI=1S/C27H39NO3/c29-24(17-14-21-8-4-3-5-9-21)18-15-23-16-19-26(30)25(23)10-6-1-2-7-11-27(31)28-20-22-12-13-22/h3-5,8-9,16,22,24-25,29H,1-2,6-7,10-15,17-20H2,(H,28,31)/t24-,25+/m0/s1. The summed E-state index contributed by atoms with van der Waals surface area (Å²) in [6.45, 7) is 0.860. The Morgan fingerprint density at radius 1 is 1.03 bits per heavy atom. The van der Waals surface area contributed by atoms with E-state index in [1.165, 1.54) is 24.0 Å². The fourth-order valence-electron chi connectivity index (χ4n) is 4.46. The molecule has 0 spiro atoms. The number of carbonyl (C=O) groups is 2. The summed E-state index contributed by atoms with van der Waals surface area (Å²) in [5.74, 6) is 1.32. The maximum Gasteiger partial charge on any atom is 0.220 e. The van der Waals surface area contributed by atoms with Gasteiger partial charge in [0.2, 0.25) is 5.91 Å². The molecule has 2 atom stereocenters. The molecule has 1 saturated carbocycles. The molecule has 2 aliphatic rings. The van der Waals surface area contributed by atoms with E-state index in [1.54, 1.807) is 0 Å².